The number of amides is 1. The highest BCUT2D eigenvalue weighted by atomic mass is 32.1. The van der Waals surface area contributed by atoms with Gasteiger partial charge >= 0.3 is 5.97 Å². The van der Waals surface area contributed by atoms with Crippen LogP contribution < -0.4 is 0 Å². The Balaban J connectivity index is 1.59. The van der Waals surface area contributed by atoms with E-state index in [-0.39, 0.29) is 17.5 Å². The number of thiophene rings is 1. The molecule has 0 spiro atoms. The minimum Gasteiger partial charge on any atom is -0.478 e. The lowest BCUT2D eigenvalue weighted by Gasteiger charge is -2.24. The SMILES string of the molecule is O=C(O)c1ccc(CCC(=O)N2CCCC2c2ccsc2)cc1. The molecule has 23 heavy (non-hydrogen) atoms. The van der Waals surface area contributed by atoms with Gasteiger partial charge in [-0.2, -0.15) is 11.3 Å². The smallest absolute Gasteiger partial charge is 0.335 e. The van der Waals surface area contributed by atoms with E-state index in [1.165, 1.54) is 5.56 Å². The van der Waals surface area contributed by atoms with Gasteiger partial charge in [-0.15, -0.1) is 0 Å². The van der Waals surface area contributed by atoms with Crippen LogP contribution in [0.15, 0.2) is 41.1 Å². The molecule has 0 bridgehead atoms. The van der Waals surface area contributed by atoms with Crippen molar-refractivity contribution in [3.63, 3.8) is 0 Å². The maximum absolute atomic E-state index is 12.5. The minimum absolute atomic E-state index is 0.181. The summed E-state index contributed by atoms with van der Waals surface area (Å²) < 4.78 is 0. The van der Waals surface area contributed by atoms with Crippen molar-refractivity contribution in [1.29, 1.82) is 0 Å². The Kier molecular flexibility index (Phi) is 4.76. The van der Waals surface area contributed by atoms with Crippen LogP contribution in [0.4, 0.5) is 0 Å². The zero-order valence-electron chi connectivity index (χ0n) is 12.8. The van der Waals surface area contributed by atoms with Crippen molar-refractivity contribution in [3.05, 3.63) is 57.8 Å². The molecule has 120 valence electrons. The summed E-state index contributed by atoms with van der Waals surface area (Å²) in [4.78, 5) is 25.4. The normalized spacial score (nSPS) is 17.4. The van der Waals surface area contributed by atoms with E-state index in [9.17, 15) is 9.59 Å². The third-order valence-electron chi connectivity index (χ3n) is 4.33. The van der Waals surface area contributed by atoms with E-state index in [4.69, 9.17) is 5.11 Å². The number of rotatable bonds is 5. The number of carbonyl (C=O) groups excluding carboxylic acids is 1. The first-order valence-electron chi connectivity index (χ1n) is 7.79. The molecule has 1 amide bonds. The average Bonchev–Trinajstić information content (AvgIpc) is 3.23. The summed E-state index contributed by atoms with van der Waals surface area (Å²) in [7, 11) is 0. The lowest BCUT2D eigenvalue weighted by molar-refractivity contribution is -0.132. The number of hydrogen-bond donors (Lipinski definition) is 1. The van der Waals surface area contributed by atoms with E-state index < -0.39 is 5.97 Å². The second-order valence-corrected chi connectivity index (χ2v) is 6.58. The van der Waals surface area contributed by atoms with Gasteiger partial charge in [0.05, 0.1) is 11.6 Å². The monoisotopic (exact) mass is 329 g/mol. The predicted octanol–water partition coefficient (Wildman–Crippen LogP) is 3.74. The second kappa shape index (κ2) is 6.96. The van der Waals surface area contributed by atoms with Gasteiger partial charge < -0.3 is 10.0 Å². The fraction of sp³-hybridized carbons (Fsp3) is 0.333. The molecule has 1 unspecified atom stereocenters. The maximum Gasteiger partial charge on any atom is 0.335 e. The molecule has 2 aromatic rings. The second-order valence-electron chi connectivity index (χ2n) is 5.80. The Morgan fingerprint density at radius 1 is 1.22 bits per heavy atom. The largest absolute Gasteiger partial charge is 0.478 e. The van der Waals surface area contributed by atoms with Crippen molar-refractivity contribution in [2.45, 2.75) is 31.7 Å². The van der Waals surface area contributed by atoms with Crippen LogP contribution in [0.1, 0.15) is 46.8 Å². The quantitative estimate of drug-likeness (QED) is 0.909. The molecular weight excluding hydrogens is 310 g/mol. The zero-order valence-corrected chi connectivity index (χ0v) is 13.6. The van der Waals surface area contributed by atoms with E-state index in [2.05, 4.69) is 16.8 Å². The van der Waals surface area contributed by atoms with Crippen molar-refractivity contribution in [2.24, 2.45) is 0 Å². The van der Waals surface area contributed by atoms with Crippen LogP contribution in [-0.2, 0) is 11.2 Å². The number of aryl methyl sites for hydroxylation is 1. The summed E-state index contributed by atoms with van der Waals surface area (Å²) in [6.45, 7) is 0.831. The molecule has 1 atom stereocenters. The molecule has 1 aromatic heterocycles. The standard InChI is InChI=1S/C18H19NO3S/c20-17(8-5-13-3-6-14(7-4-13)18(21)22)19-10-1-2-16(19)15-9-11-23-12-15/h3-4,6-7,9,11-12,16H,1-2,5,8,10H2,(H,21,22). The number of benzene rings is 1. The summed E-state index contributed by atoms with van der Waals surface area (Å²) >= 11 is 1.67. The molecule has 1 saturated heterocycles. The third-order valence-corrected chi connectivity index (χ3v) is 5.03. The van der Waals surface area contributed by atoms with Gasteiger partial charge in [-0.25, -0.2) is 4.79 Å². The Bertz CT molecular complexity index is 679. The number of aromatic carboxylic acids is 1. The molecule has 0 radical (unpaired) electrons. The topological polar surface area (TPSA) is 57.6 Å². The van der Waals surface area contributed by atoms with Crippen LogP contribution >= 0.6 is 11.3 Å². The Morgan fingerprint density at radius 2 is 2.00 bits per heavy atom. The lowest BCUT2D eigenvalue weighted by atomic mass is 10.1. The van der Waals surface area contributed by atoms with Gasteiger partial charge in [0.1, 0.15) is 0 Å². The van der Waals surface area contributed by atoms with E-state index >= 15 is 0 Å². The Hall–Kier alpha value is -2.14. The van der Waals surface area contributed by atoms with Crippen LogP contribution in [0.5, 0.6) is 0 Å². The van der Waals surface area contributed by atoms with Crippen molar-refractivity contribution < 1.29 is 14.7 Å². The summed E-state index contributed by atoms with van der Waals surface area (Å²) in [5.74, 6) is -0.746. The summed E-state index contributed by atoms with van der Waals surface area (Å²) in [6.07, 6.45) is 3.20. The molecule has 4 nitrogen and oxygen atoms in total. The average molecular weight is 329 g/mol. The molecule has 1 aliphatic rings. The van der Waals surface area contributed by atoms with Crippen LogP contribution in [0.3, 0.4) is 0 Å². The molecule has 1 aromatic carbocycles. The molecule has 1 fully saturated rings. The minimum atomic E-state index is -0.928. The number of hydrogen-bond acceptors (Lipinski definition) is 3. The highest BCUT2D eigenvalue weighted by Gasteiger charge is 2.29. The van der Waals surface area contributed by atoms with Crippen LogP contribution in [-0.4, -0.2) is 28.4 Å². The molecule has 0 saturated carbocycles. The predicted molar refractivity (Wildman–Crippen MR) is 89.7 cm³/mol. The van der Waals surface area contributed by atoms with E-state index in [0.29, 0.717) is 12.8 Å². The number of carboxylic acid groups (broad SMARTS) is 1. The van der Waals surface area contributed by atoms with Crippen molar-refractivity contribution in [1.82, 2.24) is 4.90 Å². The number of nitrogens with zero attached hydrogens (tertiary/aromatic N) is 1. The fourth-order valence-electron chi connectivity index (χ4n) is 3.09. The molecule has 2 heterocycles. The van der Waals surface area contributed by atoms with Gasteiger partial charge in [0.15, 0.2) is 0 Å². The summed E-state index contributed by atoms with van der Waals surface area (Å²) in [5.41, 5.74) is 2.51. The Labute approximate surface area is 139 Å². The van der Waals surface area contributed by atoms with Gasteiger partial charge in [-0.1, -0.05) is 12.1 Å². The molecule has 3 rings (SSSR count). The van der Waals surface area contributed by atoms with E-state index in [0.717, 1.165) is 24.9 Å². The van der Waals surface area contributed by atoms with Crippen molar-refractivity contribution in [2.75, 3.05) is 6.54 Å². The number of carbonyl (C=O) groups is 2. The highest BCUT2D eigenvalue weighted by molar-refractivity contribution is 7.07. The van der Waals surface area contributed by atoms with Gasteiger partial charge in [0.2, 0.25) is 5.91 Å². The van der Waals surface area contributed by atoms with Gasteiger partial charge in [-0.05, 0) is 59.3 Å². The first kappa shape index (κ1) is 15.7. The van der Waals surface area contributed by atoms with Gasteiger partial charge in [0.25, 0.3) is 0 Å². The van der Waals surface area contributed by atoms with E-state index in [1.807, 2.05) is 4.90 Å². The first-order chi connectivity index (χ1) is 11.1. The fourth-order valence-corrected chi connectivity index (χ4v) is 3.79. The van der Waals surface area contributed by atoms with Crippen molar-refractivity contribution >= 4 is 23.2 Å². The number of likely N-dealkylation sites (tertiary alicyclic amines) is 1. The number of carboxylic acids is 1. The highest BCUT2D eigenvalue weighted by Crippen LogP contribution is 2.33. The van der Waals surface area contributed by atoms with Gasteiger partial charge in [-0.3, -0.25) is 4.79 Å². The molecule has 1 N–H and O–H groups in total. The molecule has 0 aliphatic carbocycles. The van der Waals surface area contributed by atoms with Gasteiger partial charge in [0, 0.05) is 13.0 Å². The van der Waals surface area contributed by atoms with Crippen LogP contribution in [0, 0.1) is 0 Å². The molecule has 5 heteroatoms. The molecule has 1 aliphatic heterocycles. The lowest BCUT2D eigenvalue weighted by Crippen LogP contribution is -2.30. The zero-order chi connectivity index (χ0) is 16.2. The van der Waals surface area contributed by atoms with Crippen molar-refractivity contribution in [3.8, 4) is 0 Å². The maximum atomic E-state index is 12.5. The van der Waals surface area contributed by atoms with E-state index in [1.54, 1.807) is 35.6 Å². The Morgan fingerprint density at radius 3 is 2.65 bits per heavy atom. The summed E-state index contributed by atoms with van der Waals surface area (Å²) in [5, 5.41) is 13.1. The molecular formula is C18H19NO3S. The summed E-state index contributed by atoms with van der Waals surface area (Å²) in [6, 6.07) is 9.08. The third kappa shape index (κ3) is 3.62. The first-order valence-corrected chi connectivity index (χ1v) is 8.73. The van der Waals surface area contributed by atoms with Crippen LogP contribution in [0.2, 0.25) is 0 Å². The van der Waals surface area contributed by atoms with Crippen LogP contribution in [0.25, 0.3) is 0 Å².